The van der Waals surface area contributed by atoms with E-state index < -0.39 is 0 Å². The Labute approximate surface area is 186 Å². The van der Waals surface area contributed by atoms with Gasteiger partial charge in [-0.25, -0.2) is 0 Å². The van der Waals surface area contributed by atoms with Gasteiger partial charge in [-0.3, -0.25) is 4.90 Å². The SMILES string of the molecule is CCCCO.Cc1cc(N2CCN(CCCc3ccccc3)CC2)nnc1Cl.Cl. The Morgan fingerprint density at radius 3 is 2.28 bits per heavy atom. The standard InChI is InChI=1S/C18H23ClN4.C4H10O.ClH/c1-15-14-17(20-21-18(15)19)23-12-10-22(11-13-23)9-5-8-16-6-3-2-4-7-16;1-2-3-4-5;/h2-4,6-7,14H,5,8-13H2,1H3;5H,2-4H2,1H3;1H. The van der Waals surface area contributed by atoms with Gasteiger partial charge in [0.2, 0.25) is 0 Å². The molecule has 1 aromatic carbocycles. The lowest BCUT2D eigenvalue weighted by molar-refractivity contribution is 0.254. The van der Waals surface area contributed by atoms with Crippen LogP contribution in [0.15, 0.2) is 36.4 Å². The Bertz CT molecular complexity index is 678. The number of anilines is 1. The van der Waals surface area contributed by atoms with Gasteiger partial charge in [0.05, 0.1) is 0 Å². The average molecular weight is 441 g/mol. The van der Waals surface area contributed by atoms with E-state index in [1.165, 1.54) is 12.0 Å². The maximum absolute atomic E-state index is 8.07. The van der Waals surface area contributed by atoms with Crippen LogP contribution in [-0.4, -0.2) is 59.5 Å². The van der Waals surface area contributed by atoms with Gasteiger partial charge >= 0.3 is 0 Å². The summed E-state index contributed by atoms with van der Waals surface area (Å²) in [5.41, 5.74) is 2.42. The number of aliphatic hydroxyl groups excluding tert-OH is 1. The summed E-state index contributed by atoms with van der Waals surface area (Å²) in [6.07, 6.45) is 4.41. The summed E-state index contributed by atoms with van der Waals surface area (Å²) >= 11 is 5.95. The fraction of sp³-hybridized carbons (Fsp3) is 0.545. The van der Waals surface area contributed by atoms with Crippen molar-refractivity contribution in [3.63, 3.8) is 0 Å². The average Bonchev–Trinajstić information content (AvgIpc) is 2.72. The number of aryl methyl sites for hydroxylation is 2. The van der Waals surface area contributed by atoms with Crippen LogP contribution in [-0.2, 0) is 6.42 Å². The van der Waals surface area contributed by atoms with E-state index in [4.69, 9.17) is 16.7 Å². The van der Waals surface area contributed by atoms with Crippen LogP contribution >= 0.6 is 24.0 Å². The quantitative estimate of drug-likeness (QED) is 0.691. The molecule has 0 bridgehead atoms. The van der Waals surface area contributed by atoms with Gasteiger partial charge < -0.3 is 10.0 Å². The van der Waals surface area contributed by atoms with Crippen molar-refractivity contribution in [1.82, 2.24) is 15.1 Å². The van der Waals surface area contributed by atoms with Gasteiger partial charge in [0.1, 0.15) is 0 Å². The maximum Gasteiger partial charge on any atom is 0.154 e. The molecule has 1 aliphatic rings. The number of halogens is 2. The first kappa shape index (κ1) is 25.6. The second-order valence-electron chi connectivity index (χ2n) is 7.17. The lowest BCUT2D eigenvalue weighted by atomic mass is 10.1. The third-order valence-corrected chi connectivity index (χ3v) is 5.28. The number of nitrogens with zero attached hydrogens (tertiary/aromatic N) is 4. The van der Waals surface area contributed by atoms with Crippen molar-refractivity contribution in [2.75, 3.05) is 44.2 Å². The summed E-state index contributed by atoms with van der Waals surface area (Å²) in [5, 5.41) is 16.8. The zero-order valence-electron chi connectivity index (χ0n) is 17.6. The van der Waals surface area contributed by atoms with E-state index >= 15 is 0 Å². The second kappa shape index (κ2) is 14.6. The van der Waals surface area contributed by atoms with Gasteiger partial charge in [0.25, 0.3) is 0 Å². The Balaban J connectivity index is 0.000000628. The van der Waals surface area contributed by atoms with E-state index in [-0.39, 0.29) is 12.4 Å². The first-order valence-corrected chi connectivity index (χ1v) is 10.6. The van der Waals surface area contributed by atoms with Crippen molar-refractivity contribution >= 4 is 29.8 Å². The van der Waals surface area contributed by atoms with Gasteiger partial charge in [-0.1, -0.05) is 55.3 Å². The van der Waals surface area contributed by atoms with Crippen LogP contribution < -0.4 is 4.90 Å². The number of aliphatic hydroxyl groups is 1. The molecule has 0 unspecified atom stereocenters. The fourth-order valence-electron chi connectivity index (χ4n) is 3.12. The van der Waals surface area contributed by atoms with Crippen molar-refractivity contribution in [1.29, 1.82) is 0 Å². The van der Waals surface area contributed by atoms with E-state index in [1.54, 1.807) is 0 Å². The first-order chi connectivity index (χ1) is 13.6. The molecule has 0 aliphatic carbocycles. The molecule has 0 spiro atoms. The Kier molecular flexibility index (Phi) is 12.9. The topological polar surface area (TPSA) is 52.5 Å². The number of benzene rings is 1. The van der Waals surface area contributed by atoms with E-state index in [1.807, 2.05) is 13.0 Å². The van der Waals surface area contributed by atoms with Crippen LogP contribution in [0, 0.1) is 6.92 Å². The normalized spacial score (nSPS) is 14.0. The number of piperazine rings is 1. The highest BCUT2D eigenvalue weighted by atomic mass is 35.5. The number of aromatic nitrogens is 2. The molecule has 0 atom stereocenters. The molecule has 3 rings (SSSR count). The summed E-state index contributed by atoms with van der Waals surface area (Å²) in [5.74, 6) is 0.941. The monoisotopic (exact) mass is 440 g/mol. The van der Waals surface area contributed by atoms with Gasteiger partial charge in [0.15, 0.2) is 11.0 Å². The molecule has 5 nitrogen and oxygen atoms in total. The van der Waals surface area contributed by atoms with Crippen LogP contribution in [0.5, 0.6) is 0 Å². The lowest BCUT2D eigenvalue weighted by Gasteiger charge is -2.35. The van der Waals surface area contributed by atoms with E-state index in [0.29, 0.717) is 11.8 Å². The molecule has 1 aromatic heterocycles. The van der Waals surface area contributed by atoms with Crippen LogP contribution in [0.1, 0.15) is 37.3 Å². The number of hydrogen-bond acceptors (Lipinski definition) is 5. The highest BCUT2D eigenvalue weighted by Crippen LogP contribution is 2.18. The number of rotatable bonds is 7. The van der Waals surface area contributed by atoms with Crippen molar-refractivity contribution in [3.8, 4) is 0 Å². The van der Waals surface area contributed by atoms with Crippen LogP contribution in [0.3, 0.4) is 0 Å². The number of unbranched alkanes of at least 4 members (excludes halogenated alkanes) is 1. The van der Waals surface area contributed by atoms with E-state index in [2.05, 4.69) is 57.3 Å². The van der Waals surface area contributed by atoms with E-state index in [9.17, 15) is 0 Å². The smallest absolute Gasteiger partial charge is 0.154 e. The highest BCUT2D eigenvalue weighted by Gasteiger charge is 2.18. The molecule has 2 aromatic rings. The van der Waals surface area contributed by atoms with Crippen molar-refractivity contribution in [3.05, 3.63) is 52.7 Å². The minimum atomic E-state index is 0. The Hall–Kier alpha value is -1.40. The fourth-order valence-corrected chi connectivity index (χ4v) is 3.21. The van der Waals surface area contributed by atoms with Gasteiger partial charge in [-0.05, 0) is 49.9 Å². The minimum absolute atomic E-state index is 0. The van der Waals surface area contributed by atoms with Crippen molar-refractivity contribution in [2.24, 2.45) is 0 Å². The molecule has 162 valence electrons. The second-order valence-corrected chi connectivity index (χ2v) is 7.53. The Morgan fingerprint density at radius 2 is 1.72 bits per heavy atom. The first-order valence-electron chi connectivity index (χ1n) is 10.3. The third kappa shape index (κ3) is 9.30. The lowest BCUT2D eigenvalue weighted by Crippen LogP contribution is -2.47. The molecule has 1 aliphatic heterocycles. The van der Waals surface area contributed by atoms with E-state index in [0.717, 1.165) is 63.4 Å². The van der Waals surface area contributed by atoms with Gasteiger partial charge in [-0.15, -0.1) is 22.6 Å². The molecule has 1 saturated heterocycles. The molecule has 1 N–H and O–H groups in total. The van der Waals surface area contributed by atoms with Crippen LogP contribution in [0.25, 0.3) is 0 Å². The molecule has 1 fully saturated rings. The zero-order valence-corrected chi connectivity index (χ0v) is 19.1. The molecule has 2 heterocycles. The highest BCUT2D eigenvalue weighted by molar-refractivity contribution is 6.30. The summed E-state index contributed by atoms with van der Waals surface area (Å²) in [6, 6.07) is 12.7. The van der Waals surface area contributed by atoms with Crippen molar-refractivity contribution < 1.29 is 5.11 Å². The largest absolute Gasteiger partial charge is 0.396 e. The van der Waals surface area contributed by atoms with Gasteiger partial charge in [0, 0.05) is 32.8 Å². The summed E-state index contributed by atoms with van der Waals surface area (Å²) in [4.78, 5) is 4.83. The molecule has 0 amide bonds. The predicted octanol–water partition coefficient (Wildman–Crippen LogP) is 4.39. The van der Waals surface area contributed by atoms with Crippen LogP contribution in [0.2, 0.25) is 5.15 Å². The molecular formula is C22H34Cl2N4O. The molecular weight excluding hydrogens is 407 g/mol. The number of hydrogen-bond donors (Lipinski definition) is 1. The maximum atomic E-state index is 8.07. The minimum Gasteiger partial charge on any atom is -0.396 e. The predicted molar refractivity (Wildman–Crippen MR) is 124 cm³/mol. The third-order valence-electron chi connectivity index (χ3n) is 4.90. The summed E-state index contributed by atoms with van der Waals surface area (Å²) in [6.45, 7) is 9.69. The molecule has 7 heteroatoms. The van der Waals surface area contributed by atoms with Crippen molar-refractivity contribution in [2.45, 2.75) is 39.5 Å². The van der Waals surface area contributed by atoms with Crippen LogP contribution in [0.4, 0.5) is 5.82 Å². The van der Waals surface area contributed by atoms with Gasteiger partial charge in [-0.2, -0.15) is 0 Å². The molecule has 0 radical (unpaired) electrons. The Morgan fingerprint density at radius 1 is 1.03 bits per heavy atom. The zero-order chi connectivity index (χ0) is 20.2. The molecule has 0 saturated carbocycles. The molecule has 29 heavy (non-hydrogen) atoms. The summed E-state index contributed by atoms with van der Waals surface area (Å²) in [7, 11) is 0. The summed E-state index contributed by atoms with van der Waals surface area (Å²) < 4.78 is 0.